The Bertz CT molecular complexity index is 125. The second kappa shape index (κ2) is 11.0. The maximum absolute atomic E-state index is 9.38. The van der Waals surface area contributed by atoms with E-state index in [1.807, 2.05) is 5.25 Å². The first-order valence-electron chi connectivity index (χ1n) is 2.15. The minimum absolute atomic E-state index is 0.230. The Labute approximate surface area is 70.7 Å². The van der Waals surface area contributed by atoms with E-state index in [9.17, 15) is 4.79 Å². The molecule has 1 N–H and O–H groups in total. The Hall–Kier alpha value is 0.179. The van der Waals surface area contributed by atoms with E-state index >= 15 is 0 Å². The quantitative estimate of drug-likeness (QED) is 0.378. The summed E-state index contributed by atoms with van der Waals surface area (Å²) >= 11 is 3.55. The molecule has 0 aliphatic rings. The molecular formula is C5H8O2SSn. The summed E-state index contributed by atoms with van der Waals surface area (Å²) in [6.07, 6.45) is 0. The van der Waals surface area contributed by atoms with Crippen LogP contribution in [0.1, 0.15) is 0 Å². The molecule has 2 nitrogen and oxygen atoms in total. The summed E-state index contributed by atoms with van der Waals surface area (Å²) in [6.45, 7) is 0. The number of hydrogen-bond acceptors (Lipinski definition) is 2. The van der Waals surface area contributed by atoms with Crippen LogP contribution in [0.4, 0.5) is 0 Å². The average Bonchev–Trinajstić information content (AvgIpc) is 1.67. The number of rotatable bonds is 0. The summed E-state index contributed by atoms with van der Waals surface area (Å²) in [5.74, 6) is 0.591. The Morgan fingerprint density at radius 2 is 2.00 bits per heavy atom. The van der Waals surface area contributed by atoms with Gasteiger partial charge >= 0.3 is 37.0 Å². The van der Waals surface area contributed by atoms with Crippen molar-refractivity contribution >= 4 is 39.7 Å². The molecule has 0 rings (SSSR count). The van der Waals surface area contributed by atoms with E-state index in [2.05, 4.69) is 22.5 Å². The molecule has 0 fully saturated rings. The van der Waals surface area contributed by atoms with Crippen molar-refractivity contribution in [3.63, 3.8) is 0 Å². The van der Waals surface area contributed by atoms with Gasteiger partial charge < -0.3 is 5.11 Å². The third-order valence-electron chi connectivity index (χ3n) is 0.163. The summed E-state index contributed by atoms with van der Waals surface area (Å²) in [7, 11) is 0. The molecule has 0 aromatic heterocycles. The first-order chi connectivity index (χ1) is 4.18. The molecular weight excluding hydrogens is 243 g/mol. The number of aliphatic carboxylic acids is 1. The molecule has 0 aliphatic carbocycles. The van der Waals surface area contributed by atoms with Gasteiger partial charge in [-0.15, -0.1) is 0 Å². The van der Waals surface area contributed by atoms with Crippen LogP contribution in [0.3, 0.4) is 0 Å². The van der Waals surface area contributed by atoms with Crippen LogP contribution in [0.15, 0.2) is 0 Å². The first kappa shape index (κ1) is 11.9. The van der Waals surface area contributed by atoms with Crippen molar-refractivity contribution in [1.82, 2.24) is 0 Å². The van der Waals surface area contributed by atoms with Crippen LogP contribution in [0.2, 0.25) is 9.88 Å². The van der Waals surface area contributed by atoms with Crippen molar-refractivity contribution in [3.8, 4) is 11.2 Å². The van der Waals surface area contributed by atoms with E-state index in [0.717, 1.165) is 0 Å². The van der Waals surface area contributed by atoms with Gasteiger partial charge in [-0.05, 0) is 5.25 Å². The fourth-order valence-corrected chi connectivity index (χ4v) is 0.143. The standard InChI is InChI=1S/C3H2O2S.2CH3.Sn/c4-3(5)1-2-6;;;/h6H,(H,4,5);2*1H3;. The fourth-order valence-electron chi connectivity index (χ4n) is 0.0478. The van der Waals surface area contributed by atoms with Crippen LogP contribution < -0.4 is 0 Å². The molecule has 4 heteroatoms. The Balaban J connectivity index is 0. The van der Waals surface area contributed by atoms with Crippen LogP contribution in [-0.2, 0) is 4.79 Å². The molecule has 0 atom stereocenters. The third kappa shape index (κ3) is 30.9. The van der Waals surface area contributed by atoms with Gasteiger partial charge in [-0.25, -0.2) is 4.79 Å². The SMILES string of the molecule is O=C(O)C#CS.[CH3][Sn][CH3]. The normalized spacial score (nSPS) is 5.67. The molecule has 0 unspecified atom stereocenters. The number of carboxylic acids is 1. The van der Waals surface area contributed by atoms with E-state index in [-0.39, 0.29) is 21.1 Å². The molecule has 2 radical (unpaired) electrons. The molecule has 0 spiro atoms. The van der Waals surface area contributed by atoms with Gasteiger partial charge in [0.05, 0.1) is 0 Å². The van der Waals surface area contributed by atoms with Gasteiger partial charge in [0.1, 0.15) is 0 Å². The number of carbonyl (C=O) groups is 1. The summed E-state index contributed by atoms with van der Waals surface area (Å²) in [4.78, 5) is 14.0. The van der Waals surface area contributed by atoms with Gasteiger partial charge in [0.25, 0.3) is 0 Å². The zero-order valence-corrected chi connectivity index (χ0v) is 9.05. The predicted molar refractivity (Wildman–Crippen MR) is 41.9 cm³/mol. The first-order valence-corrected chi connectivity index (χ1v) is 8.31. The van der Waals surface area contributed by atoms with Crippen LogP contribution in [0, 0.1) is 11.2 Å². The van der Waals surface area contributed by atoms with Crippen LogP contribution in [-0.4, -0.2) is 32.2 Å². The molecule has 50 valence electrons. The zero-order valence-electron chi connectivity index (χ0n) is 5.30. The third-order valence-corrected chi connectivity index (χ3v) is 0.275. The molecule has 0 aliphatic heterocycles. The van der Waals surface area contributed by atoms with Crippen molar-refractivity contribution < 1.29 is 9.90 Å². The predicted octanol–water partition coefficient (Wildman–Crippen LogP) is 0.749. The fraction of sp³-hybridized carbons (Fsp3) is 0.400. The number of thiol groups is 1. The molecule has 0 saturated carbocycles. The molecule has 9 heavy (non-hydrogen) atoms. The van der Waals surface area contributed by atoms with Crippen molar-refractivity contribution in [2.75, 3.05) is 0 Å². The monoisotopic (exact) mass is 252 g/mol. The molecule has 0 aromatic rings. The number of carboxylic acid groups (broad SMARTS) is 1. The topological polar surface area (TPSA) is 37.3 Å². The molecule has 0 bridgehead atoms. The zero-order chi connectivity index (χ0) is 7.70. The van der Waals surface area contributed by atoms with Gasteiger partial charge in [-0.3, -0.25) is 0 Å². The average molecular weight is 251 g/mol. The minimum atomic E-state index is -1.15. The Morgan fingerprint density at radius 1 is 1.67 bits per heavy atom. The van der Waals surface area contributed by atoms with E-state index in [1.54, 1.807) is 5.92 Å². The maximum atomic E-state index is 9.38. The van der Waals surface area contributed by atoms with Gasteiger partial charge in [0.15, 0.2) is 0 Å². The molecule has 0 aromatic carbocycles. The van der Waals surface area contributed by atoms with Crippen molar-refractivity contribution in [1.29, 1.82) is 0 Å². The molecule has 0 heterocycles. The summed E-state index contributed by atoms with van der Waals surface area (Å²) in [5.41, 5.74) is 0. The van der Waals surface area contributed by atoms with E-state index in [4.69, 9.17) is 5.11 Å². The van der Waals surface area contributed by atoms with E-state index in [1.165, 1.54) is 0 Å². The van der Waals surface area contributed by atoms with Gasteiger partial charge in [0, 0.05) is 5.92 Å². The van der Waals surface area contributed by atoms with Crippen LogP contribution >= 0.6 is 12.6 Å². The van der Waals surface area contributed by atoms with Gasteiger partial charge in [-0.1, -0.05) is 12.6 Å². The van der Waals surface area contributed by atoms with Gasteiger partial charge in [-0.2, -0.15) is 0 Å². The molecule has 0 amide bonds. The Morgan fingerprint density at radius 3 is 2.00 bits per heavy atom. The van der Waals surface area contributed by atoms with Crippen molar-refractivity contribution in [3.05, 3.63) is 0 Å². The molecule has 0 saturated heterocycles. The van der Waals surface area contributed by atoms with Gasteiger partial charge in [0.2, 0.25) is 0 Å². The van der Waals surface area contributed by atoms with Crippen molar-refractivity contribution in [2.24, 2.45) is 0 Å². The Kier molecular flexibility index (Phi) is 14.6. The van der Waals surface area contributed by atoms with Crippen LogP contribution in [0.5, 0.6) is 0 Å². The van der Waals surface area contributed by atoms with Crippen molar-refractivity contribution in [2.45, 2.75) is 9.88 Å². The summed E-state index contributed by atoms with van der Waals surface area (Å²) < 4.78 is 0. The summed E-state index contributed by atoms with van der Waals surface area (Å²) in [6, 6.07) is 0. The summed E-state index contributed by atoms with van der Waals surface area (Å²) in [5, 5.41) is 9.60. The number of hydrogen-bond donors (Lipinski definition) is 2. The van der Waals surface area contributed by atoms with Crippen LogP contribution in [0.25, 0.3) is 0 Å². The van der Waals surface area contributed by atoms with E-state index in [0.29, 0.717) is 0 Å². The second-order valence-electron chi connectivity index (χ2n) is 1.04. The van der Waals surface area contributed by atoms with E-state index < -0.39 is 5.97 Å². The second-order valence-corrected chi connectivity index (χ2v) is 4.12.